The van der Waals surface area contributed by atoms with Crippen LogP contribution < -0.4 is 10.2 Å². The molecule has 0 bridgehead atoms. The number of rotatable bonds is 3. The van der Waals surface area contributed by atoms with Gasteiger partial charge in [0, 0.05) is 26.2 Å². The van der Waals surface area contributed by atoms with E-state index in [1.54, 1.807) is 0 Å². The van der Waals surface area contributed by atoms with Crippen molar-refractivity contribution in [1.29, 1.82) is 0 Å². The second-order valence-corrected chi connectivity index (χ2v) is 4.49. The minimum Gasteiger partial charge on any atom is -0.383 e. The van der Waals surface area contributed by atoms with Crippen LogP contribution in [0.1, 0.15) is 0 Å². The summed E-state index contributed by atoms with van der Waals surface area (Å²) in [5.74, 6) is 0.889. The van der Waals surface area contributed by atoms with Gasteiger partial charge in [-0.25, -0.2) is 9.97 Å². The third-order valence-corrected chi connectivity index (χ3v) is 3.21. The van der Waals surface area contributed by atoms with E-state index in [4.69, 9.17) is 11.6 Å². The largest absolute Gasteiger partial charge is 0.383 e. The van der Waals surface area contributed by atoms with E-state index < -0.39 is 0 Å². The van der Waals surface area contributed by atoms with Gasteiger partial charge in [0.15, 0.2) is 11.0 Å². The lowest BCUT2D eigenvalue weighted by molar-refractivity contribution is 0.246. The average Bonchev–Trinajstić information content (AvgIpc) is 2.15. The van der Waals surface area contributed by atoms with Gasteiger partial charge in [-0.05, 0) is 14.1 Å². The van der Waals surface area contributed by atoms with Crippen LogP contribution in [-0.2, 0) is 0 Å². The third-order valence-electron chi connectivity index (χ3n) is 2.92. The zero-order valence-corrected chi connectivity index (χ0v) is 10.5. The number of likely N-dealkylation sites (N-methyl/N-ethyl adjacent to an activating group) is 1. The van der Waals surface area contributed by atoms with E-state index in [1.807, 2.05) is 7.05 Å². The second kappa shape index (κ2) is 4.43. The van der Waals surface area contributed by atoms with Gasteiger partial charge in [-0.1, -0.05) is 11.6 Å². The molecule has 5 nitrogen and oxygen atoms in total. The molecule has 0 aromatic carbocycles. The van der Waals surface area contributed by atoms with Crippen LogP contribution in [0.3, 0.4) is 0 Å². The number of aromatic nitrogens is 2. The molecule has 0 saturated carbocycles. The molecule has 0 aliphatic carbocycles. The fourth-order valence-corrected chi connectivity index (χ4v) is 1.99. The zero-order valence-electron chi connectivity index (χ0n) is 9.74. The van der Waals surface area contributed by atoms with E-state index in [1.165, 1.54) is 6.33 Å². The Bertz CT molecular complexity index is 375. The van der Waals surface area contributed by atoms with Crippen LogP contribution in [0.25, 0.3) is 0 Å². The molecule has 1 aliphatic rings. The van der Waals surface area contributed by atoms with Gasteiger partial charge in [0.2, 0.25) is 0 Å². The van der Waals surface area contributed by atoms with E-state index in [-0.39, 0.29) is 0 Å². The Morgan fingerprint density at radius 2 is 2.12 bits per heavy atom. The molecule has 0 amide bonds. The summed E-state index contributed by atoms with van der Waals surface area (Å²) < 4.78 is 0. The molecule has 6 heteroatoms. The summed E-state index contributed by atoms with van der Waals surface area (Å²) in [7, 11) is 6.01. The molecule has 1 aromatic heterocycles. The Morgan fingerprint density at radius 1 is 1.44 bits per heavy atom. The smallest absolute Gasteiger partial charge is 0.157 e. The lowest BCUT2D eigenvalue weighted by atomic mass is 10.1. The lowest BCUT2D eigenvalue weighted by Gasteiger charge is -2.43. The van der Waals surface area contributed by atoms with Crippen LogP contribution in [-0.4, -0.2) is 55.1 Å². The number of hydrogen-bond donors (Lipinski definition) is 1. The van der Waals surface area contributed by atoms with Crippen molar-refractivity contribution in [3.05, 3.63) is 11.5 Å². The van der Waals surface area contributed by atoms with Crippen molar-refractivity contribution in [3.63, 3.8) is 0 Å². The highest BCUT2D eigenvalue weighted by molar-refractivity contribution is 6.32. The first kappa shape index (κ1) is 11.4. The number of nitrogens with one attached hydrogen (secondary N) is 1. The van der Waals surface area contributed by atoms with Crippen LogP contribution >= 0.6 is 11.6 Å². The highest BCUT2D eigenvalue weighted by atomic mass is 35.5. The van der Waals surface area contributed by atoms with Crippen molar-refractivity contribution in [2.45, 2.75) is 6.04 Å². The monoisotopic (exact) mass is 241 g/mol. The predicted molar refractivity (Wildman–Crippen MR) is 66.3 cm³/mol. The van der Waals surface area contributed by atoms with Crippen molar-refractivity contribution in [3.8, 4) is 0 Å². The maximum Gasteiger partial charge on any atom is 0.157 e. The first-order chi connectivity index (χ1) is 7.63. The molecule has 2 heterocycles. The SMILES string of the molecule is CNc1c(Cl)ncnc1N1CC(N(C)C)C1. The molecule has 1 saturated heterocycles. The fraction of sp³-hybridized carbons (Fsp3) is 0.600. The molecule has 1 fully saturated rings. The molecule has 1 aliphatic heterocycles. The van der Waals surface area contributed by atoms with Crippen LogP contribution in [0, 0.1) is 0 Å². The summed E-state index contributed by atoms with van der Waals surface area (Å²) in [6, 6.07) is 0.596. The average molecular weight is 242 g/mol. The van der Waals surface area contributed by atoms with Gasteiger partial charge >= 0.3 is 0 Å². The van der Waals surface area contributed by atoms with E-state index in [0.717, 1.165) is 24.6 Å². The van der Waals surface area contributed by atoms with Crippen molar-refractivity contribution in [1.82, 2.24) is 14.9 Å². The summed E-state index contributed by atoms with van der Waals surface area (Å²) in [6.07, 6.45) is 1.50. The first-order valence-electron chi connectivity index (χ1n) is 5.23. The number of nitrogens with zero attached hydrogens (tertiary/aromatic N) is 4. The Hall–Kier alpha value is -1.07. The van der Waals surface area contributed by atoms with Crippen LogP contribution in [0.5, 0.6) is 0 Å². The summed E-state index contributed by atoms with van der Waals surface area (Å²) in [5, 5.41) is 3.52. The fourth-order valence-electron chi connectivity index (χ4n) is 1.77. The second-order valence-electron chi connectivity index (χ2n) is 4.14. The van der Waals surface area contributed by atoms with Gasteiger partial charge in [0.05, 0.1) is 0 Å². The lowest BCUT2D eigenvalue weighted by Crippen LogP contribution is -2.57. The maximum absolute atomic E-state index is 6.00. The maximum atomic E-state index is 6.00. The molecule has 2 rings (SSSR count). The molecular weight excluding hydrogens is 226 g/mol. The van der Waals surface area contributed by atoms with E-state index in [2.05, 4.69) is 39.2 Å². The van der Waals surface area contributed by atoms with Gasteiger partial charge < -0.3 is 15.1 Å². The highest BCUT2D eigenvalue weighted by Gasteiger charge is 2.31. The van der Waals surface area contributed by atoms with Crippen LogP contribution in [0.4, 0.5) is 11.5 Å². The molecular formula is C10H16ClN5. The molecule has 0 atom stereocenters. The molecule has 0 unspecified atom stereocenters. The normalized spacial score (nSPS) is 16.4. The summed E-state index contributed by atoms with van der Waals surface area (Å²) in [6.45, 7) is 1.96. The summed E-state index contributed by atoms with van der Waals surface area (Å²) in [5.41, 5.74) is 0.807. The molecule has 16 heavy (non-hydrogen) atoms. The number of anilines is 2. The van der Waals surface area contributed by atoms with Crippen molar-refractivity contribution in [2.24, 2.45) is 0 Å². The number of halogens is 1. The highest BCUT2D eigenvalue weighted by Crippen LogP contribution is 2.31. The van der Waals surface area contributed by atoms with Gasteiger partial charge in [-0.15, -0.1) is 0 Å². The zero-order chi connectivity index (χ0) is 11.7. The van der Waals surface area contributed by atoms with Crippen LogP contribution in [0.2, 0.25) is 5.15 Å². The van der Waals surface area contributed by atoms with Gasteiger partial charge in [0.25, 0.3) is 0 Å². The third kappa shape index (κ3) is 1.92. The minimum absolute atomic E-state index is 0.473. The summed E-state index contributed by atoms with van der Waals surface area (Å²) in [4.78, 5) is 12.7. The van der Waals surface area contributed by atoms with E-state index >= 15 is 0 Å². The number of hydrogen-bond acceptors (Lipinski definition) is 5. The molecule has 88 valence electrons. The molecule has 1 aromatic rings. The standard InChI is InChI=1S/C10H16ClN5/c1-12-8-9(11)13-6-14-10(8)16-4-7(5-16)15(2)3/h6-7,12H,4-5H2,1-3H3. The van der Waals surface area contributed by atoms with E-state index in [9.17, 15) is 0 Å². The Morgan fingerprint density at radius 3 is 2.69 bits per heavy atom. The van der Waals surface area contributed by atoms with Gasteiger partial charge in [0.1, 0.15) is 12.0 Å². The minimum atomic E-state index is 0.473. The van der Waals surface area contributed by atoms with Gasteiger partial charge in [-0.3, -0.25) is 0 Å². The first-order valence-corrected chi connectivity index (χ1v) is 5.61. The Kier molecular flexibility index (Phi) is 3.16. The van der Waals surface area contributed by atoms with E-state index in [0.29, 0.717) is 11.2 Å². The predicted octanol–water partition coefficient (Wildman–Crippen LogP) is 0.922. The van der Waals surface area contributed by atoms with Crippen molar-refractivity contribution in [2.75, 3.05) is 44.4 Å². The van der Waals surface area contributed by atoms with Gasteiger partial charge in [-0.2, -0.15) is 0 Å². The Labute approximate surface area is 100 Å². The molecule has 0 radical (unpaired) electrons. The topological polar surface area (TPSA) is 44.3 Å². The quantitative estimate of drug-likeness (QED) is 0.798. The molecule has 1 N–H and O–H groups in total. The molecule has 0 spiro atoms. The van der Waals surface area contributed by atoms with Crippen molar-refractivity contribution < 1.29 is 0 Å². The Balaban J connectivity index is 2.14. The summed E-state index contributed by atoms with van der Waals surface area (Å²) >= 11 is 6.00. The van der Waals surface area contributed by atoms with Crippen LogP contribution in [0.15, 0.2) is 6.33 Å². The van der Waals surface area contributed by atoms with Crippen molar-refractivity contribution >= 4 is 23.1 Å².